The highest BCUT2D eigenvalue weighted by atomic mass is 32.1. The molecule has 0 aliphatic rings. The van der Waals surface area contributed by atoms with Crippen LogP contribution in [0.3, 0.4) is 0 Å². The normalized spacial score (nSPS) is 10.2. The topological polar surface area (TPSA) is 53.4 Å². The van der Waals surface area contributed by atoms with Crippen LogP contribution in [-0.2, 0) is 0 Å². The van der Waals surface area contributed by atoms with Crippen LogP contribution in [0.4, 0.5) is 10.7 Å². The Labute approximate surface area is 103 Å². The van der Waals surface area contributed by atoms with E-state index in [0.29, 0.717) is 5.69 Å². The van der Waals surface area contributed by atoms with Crippen molar-refractivity contribution in [3.63, 3.8) is 0 Å². The Balaban J connectivity index is 2.43. The van der Waals surface area contributed by atoms with Gasteiger partial charge in [0.1, 0.15) is 0 Å². The third-order valence-electron chi connectivity index (χ3n) is 2.45. The molecule has 2 rings (SSSR count). The summed E-state index contributed by atoms with van der Waals surface area (Å²) in [5, 5.41) is 10.1. The smallest absolute Gasteiger partial charge is 0.337 e. The van der Waals surface area contributed by atoms with Crippen LogP contribution < -0.4 is 4.90 Å². The van der Waals surface area contributed by atoms with Gasteiger partial charge in [-0.15, -0.1) is 11.3 Å². The van der Waals surface area contributed by atoms with Gasteiger partial charge in [-0.05, 0) is 25.1 Å². The first-order valence-electron chi connectivity index (χ1n) is 5.07. The SMILES string of the molecule is Cc1ccc(N(C)c2cnccc2C(=O)O)s1. The van der Waals surface area contributed by atoms with Gasteiger partial charge in [-0.2, -0.15) is 0 Å². The summed E-state index contributed by atoms with van der Waals surface area (Å²) < 4.78 is 0. The summed E-state index contributed by atoms with van der Waals surface area (Å²) in [5.41, 5.74) is 0.857. The van der Waals surface area contributed by atoms with Crippen molar-refractivity contribution in [1.29, 1.82) is 0 Å². The minimum absolute atomic E-state index is 0.258. The van der Waals surface area contributed by atoms with Gasteiger partial charge in [0, 0.05) is 18.1 Å². The lowest BCUT2D eigenvalue weighted by molar-refractivity contribution is 0.0697. The van der Waals surface area contributed by atoms with Gasteiger partial charge in [-0.25, -0.2) is 4.79 Å². The highest BCUT2D eigenvalue weighted by Crippen LogP contribution is 2.31. The number of pyridine rings is 1. The van der Waals surface area contributed by atoms with Crippen molar-refractivity contribution in [1.82, 2.24) is 4.98 Å². The molecule has 2 heterocycles. The molecule has 0 atom stereocenters. The summed E-state index contributed by atoms with van der Waals surface area (Å²) in [6, 6.07) is 5.49. The number of hydrogen-bond donors (Lipinski definition) is 1. The van der Waals surface area contributed by atoms with E-state index in [2.05, 4.69) is 4.98 Å². The minimum atomic E-state index is -0.942. The monoisotopic (exact) mass is 248 g/mol. The van der Waals surface area contributed by atoms with Crippen LogP contribution in [0, 0.1) is 6.92 Å². The Bertz CT molecular complexity index is 551. The van der Waals surface area contributed by atoms with Gasteiger partial charge in [0.2, 0.25) is 0 Å². The third-order valence-corrected chi connectivity index (χ3v) is 3.53. The summed E-state index contributed by atoms with van der Waals surface area (Å²) >= 11 is 1.62. The van der Waals surface area contributed by atoms with E-state index in [1.165, 1.54) is 17.1 Å². The van der Waals surface area contributed by atoms with E-state index < -0.39 is 5.97 Å². The summed E-state index contributed by atoms with van der Waals surface area (Å²) in [6.45, 7) is 2.02. The average molecular weight is 248 g/mol. The van der Waals surface area contributed by atoms with E-state index in [1.807, 2.05) is 31.0 Å². The van der Waals surface area contributed by atoms with Crippen molar-refractivity contribution in [2.75, 3.05) is 11.9 Å². The molecule has 4 nitrogen and oxygen atoms in total. The number of thiophene rings is 1. The van der Waals surface area contributed by atoms with Crippen LogP contribution in [0.5, 0.6) is 0 Å². The molecule has 0 fully saturated rings. The first-order chi connectivity index (χ1) is 8.09. The maximum Gasteiger partial charge on any atom is 0.337 e. The number of carboxylic acids is 1. The Morgan fingerprint density at radius 1 is 1.41 bits per heavy atom. The average Bonchev–Trinajstić information content (AvgIpc) is 2.75. The zero-order valence-corrected chi connectivity index (χ0v) is 10.4. The molecule has 5 heteroatoms. The molecule has 0 saturated carbocycles. The molecular formula is C12H12N2O2S. The molecule has 2 aromatic heterocycles. The Morgan fingerprint density at radius 3 is 2.76 bits per heavy atom. The second-order valence-electron chi connectivity index (χ2n) is 3.64. The molecule has 0 bridgehead atoms. The molecule has 0 saturated heterocycles. The molecular weight excluding hydrogens is 236 g/mol. The van der Waals surface area contributed by atoms with E-state index in [9.17, 15) is 4.79 Å². The number of carboxylic acid groups (broad SMARTS) is 1. The van der Waals surface area contributed by atoms with Crippen molar-refractivity contribution in [2.45, 2.75) is 6.92 Å². The quantitative estimate of drug-likeness (QED) is 0.907. The highest BCUT2D eigenvalue weighted by molar-refractivity contribution is 7.16. The second-order valence-corrected chi connectivity index (χ2v) is 4.91. The number of hydrogen-bond acceptors (Lipinski definition) is 4. The largest absolute Gasteiger partial charge is 0.478 e. The molecule has 1 N–H and O–H groups in total. The van der Waals surface area contributed by atoms with Crippen molar-refractivity contribution >= 4 is 28.0 Å². The van der Waals surface area contributed by atoms with Crippen molar-refractivity contribution in [3.05, 3.63) is 41.0 Å². The molecule has 0 amide bonds. The summed E-state index contributed by atoms with van der Waals surface area (Å²) in [4.78, 5) is 18.1. The Morgan fingerprint density at radius 2 is 2.18 bits per heavy atom. The predicted molar refractivity (Wildman–Crippen MR) is 68.3 cm³/mol. The van der Waals surface area contributed by atoms with Crippen LogP contribution in [-0.4, -0.2) is 23.1 Å². The molecule has 0 aliphatic carbocycles. The van der Waals surface area contributed by atoms with Crippen LogP contribution in [0.1, 0.15) is 15.2 Å². The van der Waals surface area contributed by atoms with Crippen molar-refractivity contribution in [3.8, 4) is 0 Å². The van der Waals surface area contributed by atoms with Crippen LogP contribution in [0.25, 0.3) is 0 Å². The molecule has 0 spiro atoms. The van der Waals surface area contributed by atoms with Crippen LogP contribution >= 0.6 is 11.3 Å². The lowest BCUT2D eigenvalue weighted by Gasteiger charge is -2.18. The van der Waals surface area contributed by atoms with Gasteiger partial charge in [0.15, 0.2) is 0 Å². The van der Waals surface area contributed by atoms with Crippen molar-refractivity contribution < 1.29 is 9.90 Å². The molecule has 0 unspecified atom stereocenters. The maximum atomic E-state index is 11.1. The zero-order chi connectivity index (χ0) is 12.4. The molecule has 0 aromatic carbocycles. The first kappa shape index (κ1) is 11.6. The van der Waals surface area contributed by atoms with E-state index in [0.717, 1.165) is 5.00 Å². The van der Waals surface area contributed by atoms with Crippen molar-refractivity contribution in [2.24, 2.45) is 0 Å². The number of anilines is 2. The minimum Gasteiger partial charge on any atom is -0.478 e. The number of nitrogens with zero attached hydrogens (tertiary/aromatic N) is 2. The number of aryl methyl sites for hydroxylation is 1. The van der Waals surface area contributed by atoms with Gasteiger partial charge in [0.05, 0.1) is 22.4 Å². The van der Waals surface area contributed by atoms with Gasteiger partial charge in [-0.3, -0.25) is 4.98 Å². The number of aromatic carboxylic acids is 1. The van der Waals surface area contributed by atoms with E-state index in [-0.39, 0.29) is 5.56 Å². The third kappa shape index (κ3) is 2.29. The van der Waals surface area contributed by atoms with E-state index in [1.54, 1.807) is 17.5 Å². The van der Waals surface area contributed by atoms with Gasteiger partial charge >= 0.3 is 5.97 Å². The van der Waals surface area contributed by atoms with Gasteiger partial charge in [-0.1, -0.05) is 0 Å². The predicted octanol–water partition coefficient (Wildman–Crippen LogP) is 2.92. The molecule has 17 heavy (non-hydrogen) atoms. The first-order valence-corrected chi connectivity index (χ1v) is 5.88. The van der Waals surface area contributed by atoms with Crippen LogP contribution in [0.2, 0.25) is 0 Å². The lowest BCUT2D eigenvalue weighted by atomic mass is 10.2. The molecule has 88 valence electrons. The molecule has 0 aliphatic heterocycles. The van der Waals surface area contributed by atoms with E-state index in [4.69, 9.17) is 5.11 Å². The fraction of sp³-hybridized carbons (Fsp3) is 0.167. The molecule has 2 aromatic rings. The van der Waals surface area contributed by atoms with Crippen LogP contribution in [0.15, 0.2) is 30.6 Å². The number of rotatable bonds is 3. The fourth-order valence-electron chi connectivity index (χ4n) is 1.55. The second kappa shape index (κ2) is 4.55. The van der Waals surface area contributed by atoms with Gasteiger partial charge in [0.25, 0.3) is 0 Å². The molecule has 0 radical (unpaired) electrons. The summed E-state index contributed by atoms with van der Waals surface area (Å²) in [5.74, 6) is -0.942. The Kier molecular flexibility index (Phi) is 3.10. The summed E-state index contributed by atoms with van der Waals surface area (Å²) in [7, 11) is 1.84. The standard InChI is InChI=1S/C12H12N2O2S/c1-8-3-4-11(17-8)14(2)10-7-13-6-5-9(10)12(15)16/h3-7H,1-2H3,(H,15,16). The maximum absolute atomic E-state index is 11.1. The van der Waals surface area contributed by atoms with Gasteiger partial charge < -0.3 is 10.0 Å². The highest BCUT2D eigenvalue weighted by Gasteiger charge is 2.15. The summed E-state index contributed by atoms with van der Waals surface area (Å²) in [6.07, 6.45) is 3.05. The fourth-order valence-corrected chi connectivity index (χ4v) is 2.39. The zero-order valence-electron chi connectivity index (χ0n) is 9.54. The van der Waals surface area contributed by atoms with E-state index >= 15 is 0 Å². The Hall–Kier alpha value is -1.88. The lowest BCUT2D eigenvalue weighted by Crippen LogP contribution is -2.13. The number of aromatic nitrogens is 1. The number of carbonyl (C=O) groups is 1.